The summed E-state index contributed by atoms with van der Waals surface area (Å²) in [4.78, 5) is 51.2. The second-order valence-electron chi connectivity index (χ2n) is 7.12. The molecular formula is C22H38O8. The molecule has 0 fully saturated rings. The minimum atomic E-state index is -2.52. The van der Waals surface area contributed by atoms with E-state index in [9.17, 15) is 19.2 Å². The van der Waals surface area contributed by atoms with Crippen LogP contribution in [0.15, 0.2) is 0 Å². The number of carbonyl (C=O) groups excluding carboxylic acids is 4. The molecule has 0 bridgehead atoms. The fourth-order valence-corrected chi connectivity index (χ4v) is 2.36. The summed E-state index contributed by atoms with van der Waals surface area (Å²) in [5.41, 5.74) is -2.52. The quantitative estimate of drug-likeness (QED) is 0.149. The molecule has 0 heterocycles. The Labute approximate surface area is 180 Å². The summed E-state index contributed by atoms with van der Waals surface area (Å²) < 4.78 is 20.6. The summed E-state index contributed by atoms with van der Waals surface area (Å²) in [7, 11) is 0. The zero-order valence-electron chi connectivity index (χ0n) is 19.0. The number of hydrogen-bond acceptors (Lipinski definition) is 8. The molecule has 0 unspecified atom stereocenters. The zero-order valence-corrected chi connectivity index (χ0v) is 19.0. The molecule has 0 radical (unpaired) electrons. The van der Waals surface area contributed by atoms with Crippen molar-refractivity contribution in [3.63, 3.8) is 0 Å². The van der Waals surface area contributed by atoms with Crippen molar-refractivity contribution in [2.45, 2.75) is 85.5 Å². The van der Waals surface area contributed by atoms with Crippen molar-refractivity contribution < 1.29 is 38.1 Å². The van der Waals surface area contributed by atoms with E-state index in [1.165, 1.54) is 0 Å². The van der Waals surface area contributed by atoms with Crippen molar-refractivity contribution >= 4 is 23.9 Å². The van der Waals surface area contributed by atoms with Crippen LogP contribution in [0.2, 0.25) is 0 Å². The number of unbranched alkanes of at least 4 members (excludes halogenated alkanes) is 4. The molecule has 0 spiro atoms. The molecule has 174 valence electrons. The predicted octanol–water partition coefficient (Wildman–Crippen LogP) is 3.74. The summed E-state index contributed by atoms with van der Waals surface area (Å²) in [5.74, 6) is -4.25. The predicted molar refractivity (Wildman–Crippen MR) is 111 cm³/mol. The summed E-state index contributed by atoms with van der Waals surface area (Å²) in [6.07, 6.45) is 4.54. The molecule has 0 atom stereocenters. The molecule has 0 aromatic carbocycles. The second kappa shape index (κ2) is 16.7. The molecule has 30 heavy (non-hydrogen) atoms. The molecule has 0 aliphatic heterocycles. The van der Waals surface area contributed by atoms with Gasteiger partial charge in [0.15, 0.2) is 0 Å². The van der Waals surface area contributed by atoms with Gasteiger partial charge in [-0.25, -0.2) is 0 Å². The maximum atomic E-state index is 12.9. The fourth-order valence-electron chi connectivity index (χ4n) is 2.36. The van der Waals surface area contributed by atoms with Crippen LogP contribution < -0.4 is 0 Å². The van der Waals surface area contributed by atoms with Crippen molar-refractivity contribution in [3.8, 4) is 0 Å². The first-order chi connectivity index (χ1) is 14.4. The van der Waals surface area contributed by atoms with E-state index in [-0.39, 0.29) is 26.4 Å². The van der Waals surface area contributed by atoms with Crippen LogP contribution in [0.4, 0.5) is 0 Å². The van der Waals surface area contributed by atoms with Gasteiger partial charge in [0, 0.05) is 0 Å². The highest BCUT2D eigenvalue weighted by Gasteiger charge is 2.59. The van der Waals surface area contributed by atoms with Gasteiger partial charge in [0.05, 0.1) is 32.8 Å². The minimum absolute atomic E-state index is 0.0203. The van der Waals surface area contributed by atoms with Crippen LogP contribution in [0.1, 0.15) is 85.5 Å². The average molecular weight is 431 g/mol. The molecule has 0 amide bonds. The van der Waals surface area contributed by atoms with E-state index >= 15 is 0 Å². The van der Waals surface area contributed by atoms with E-state index in [0.717, 1.165) is 25.7 Å². The van der Waals surface area contributed by atoms with Crippen molar-refractivity contribution in [3.05, 3.63) is 0 Å². The normalized spacial score (nSPS) is 10.9. The topological polar surface area (TPSA) is 105 Å². The lowest BCUT2D eigenvalue weighted by Gasteiger charge is -2.26. The van der Waals surface area contributed by atoms with Gasteiger partial charge in [0.2, 0.25) is 0 Å². The number of esters is 4. The highest BCUT2D eigenvalue weighted by Crippen LogP contribution is 2.30. The van der Waals surface area contributed by atoms with Gasteiger partial charge in [-0.3, -0.25) is 19.2 Å². The van der Waals surface area contributed by atoms with Crippen LogP contribution in [0.5, 0.6) is 0 Å². The highest BCUT2D eigenvalue weighted by atomic mass is 16.6. The van der Waals surface area contributed by atoms with Gasteiger partial charge < -0.3 is 18.9 Å². The lowest BCUT2D eigenvalue weighted by atomic mass is 9.84. The fraction of sp³-hybridized carbons (Fsp3) is 0.818. The molecule has 0 N–H and O–H groups in total. The highest BCUT2D eigenvalue weighted by molar-refractivity contribution is 6.19. The molecule has 0 saturated heterocycles. The van der Waals surface area contributed by atoms with E-state index in [4.69, 9.17) is 18.9 Å². The Balaban J connectivity index is 5.77. The number of hydrogen-bond donors (Lipinski definition) is 0. The largest absolute Gasteiger partial charge is 0.466 e. The van der Waals surface area contributed by atoms with Gasteiger partial charge in [0.25, 0.3) is 5.41 Å². The number of ether oxygens (including phenoxy) is 4. The van der Waals surface area contributed by atoms with Crippen molar-refractivity contribution in [2.24, 2.45) is 5.41 Å². The Morgan fingerprint density at radius 3 is 1.13 bits per heavy atom. The monoisotopic (exact) mass is 430 g/mol. The number of rotatable bonds is 17. The van der Waals surface area contributed by atoms with Crippen LogP contribution >= 0.6 is 0 Å². The Morgan fingerprint density at radius 1 is 0.533 bits per heavy atom. The van der Waals surface area contributed by atoms with Gasteiger partial charge in [-0.05, 0) is 25.7 Å². The van der Waals surface area contributed by atoms with Crippen LogP contribution in [-0.2, 0) is 38.1 Å². The SMILES string of the molecule is CCCCOC(=O)CC(C(=O)OCCCC)(C(=O)OCCCC)C(=O)OCCCC. The van der Waals surface area contributed by atoms with E-state index < -0.39 is 35.7 Å². The first kappa shape index (κ1) is 27.9. The van der Waals surface area contributed by atoms with Gasteiger partial charge in [-0.1, -0.05) is 53.4 Å². The molecular weight excluding hydrogens is 392 g/mol. The van der Waals surface area contributed by atoms with Crippen molar-refractivity contribution in [1.82, 2.24) is 0 Å². The third-order valence-corrected chi connectivity index (χ3v) is 4.41. The zero-order chi connectivity index (χ0) is 22.8. The van der Waals surface area contributed by atoms with Crippen LogP contribution in [0, 0.1) is 5.41 Å². The maximum absolute atomic E-state index is 12.9. The Bertz CT molecular complexity index is 474. The van der Waals surface area contributed by atoms with Crippen molar-refractivity contribution in [2.75, 3.05) is 26.4 Å². The minimum Gasteiger partial charge on any atom is -0.466 e. The van der Waals surface area contributed by atoms with Crippen LogP contribution in [0.25, 0.3) is 0 Å². The summed E-state index contributed by atoms with van der Waals surface area (Å²) in [5, 5.41) is 0. The summed E-state index contributed by atoms with van der Waals surface area (Å²) >= 11 is 0. The van der Waals surface area contributed by atoms with E-state index in [0.29, 0.717) is 25.7 Å². The molecule has 0 rings (SSSR count). The Hall–Kier alpha value is -2.12. The third kappa shape index (κ3) is 9.59. The van der Waals surface area contributed by atoms with Crippen LogP contribution in [-0.4, -0.2) is 50.3 Å². The lowest BCUT2D eigenvalue weighted by molar-refractivity contribution is -0.188. The maximum Gasteiger partial charge on any atom is 0.335 e. The molecule has 8 nitrogen and oxygen atoms in total. The standard InChI is InChI=1S/C22H38O8/c1-5-9-13-27-18(23)17-22(19(24)28-14-10-6-2,20(25)29-15-11-7-3)21(26)30-16-12-8-4/h5-17H2,1-4H3. The van der Waals surface area contributed by atoms with Gasteiger partial charge in [-0.15, -0.1) is 0 Å². The van der Waals surface area contributed by atoms with E-state index in [1.54, 1.807) is 0 Å². The second-order valence-corrected chi connectivity index (χ2v) is 7.12. The molecule has 0 aromatic rings. The summed E-state index contributed by atoms with van der Waals surface area (Å²) in [6.45, 7) is 7.84. The number of carbonyl (C=O) groups is 4. The summed E-state index contributed by atoms with van der Waals surface area (Å²) in [6, 6.07) is 0. The Kier molecular flexibility index (Phi) is 15.5. The van der Waals surface area contributed by atoms with Gasteiger partial charge >= 0.3 is 23.9 Å². The van der Waals surface area contributed by atoms with Crippen LogP contribution in [0.3, 0.4) is 0 Å². The first-order valence-electron chi connectivity index (χ1n) is 11.1. The smallest absolute Gasteiger partial charge is 0.335 e. The van der Waals surface area contributed by atoms with Gasteiger partial charge in [0.1, 0.15) is 0 Å². The van der Waals surface area contributed by atoms with E-state index in [1.807, 2.05) is 27.7 Å². The van der Waals surface area contributed by atoms with E-state index in [2.05, 4.69) is 0 Å². The molecule has 8 heteroatoms. The molecule has 0 aliphatic carbocycles. The first-order valence-corrected chi connectivity index (χ1v) is 11.1. The Morgan fingerprint density at radius 2 is 0.833 bits per heavy atom. The molecule has 0 saturated carbocycles. The van der Waals surface area contributed by atoms with Crippen molar-refractivity contribution in [1.29, 1.82) is 0 Å². The average Bonchev–Trinajstić information content (AvgIpc) is 2.72. The lowest BCUT2D eigenvalue weighted by Crippen LogP contribution is -2.51. The van der Waals surface area contributed by atoms with Gasteiger partial charge in [-0.2, -0.15) is 0 Å². The molecule has 0 aliphatic rings. The molecule has 0 aromatic heterocycles. The third-order valence-electron chi connectivity index (χ3n) is 4.41.